The molecule has 6 N–H and O–H groups in total. The molecule has 2 rings (SSSR count). The highest BCUT2D eigenvalue weighted by molar-refractivity contribution is 8.13. The molecule has 0 aromatic carbocycles. The Morgan fingerprint density at radius 2 is 2.15 bits per heavy atom. The summed E-state index contributed by atoms with van der Waals surface area (Å²) in [4.78, 5) is 9.97. The maximum Gasteiger partial charge on any atom is 0.277 e. The van der Waals surface area contributed by atoms with Crippen molar-refractivity contribution in [3.63, 3.8) is 0 Å². The zero-order chi connectivity index (χ0) is 20.4. The number of hydrogen-bond acceptors (Lipinski definition) is 11. The maximum absolute atomic E-state index is 11.8. The highest BCUT2D eigenvalue weighted by Gasteiger charge is 2.40. The number of aliphatic hydroxyl groups excluding tert-OH is 1. The summed E-state index contributed by atoms with van der Waals surface area (Å²) in [6, 6.07) is 0. The van der Waals surface area contributed by atoms with E-state index in [-0.39, 0.29) is 13.2 Å². The van der Waals surface area contributed by atoms with Crippen molar-refractivity contribution in [3.8, 4) is 5.19 Å². The lowest BCUT2D eigenvalue weighted by Gasteiger charge is -2.09. The number of sulfonamides is 2. The molecule has 152 valence electrons. The van der Waals surface area contributed by atoms with Crippen LogP contribution >= 0.6 is 11.3 Å². The minimum absolute atomic E-state index is 0.149. The number of primary sulfonamides is 1. The molecule has 0 aliphatic carbocycles. The molecule has 12 nitrogen and oxygen atoms in total. The first kappa shape index (κ1) is 21.5. The van der Waals surface area contributed by atoms with Gasteiger partial charge in [-0.1, -0.05) is 11.3 Å². The van der Waals surface area contributed by atoms with E-state index < -0.39 is 41.9 Å². The quantitative estimate of drug-likeness (QED) is 0.344. The van der Waals surface area contributed by atoms with Crippen LogP contribution in [0.15, 0.2) is 20.3 Å². The summed E-state index contributed by atoms with van der Waals surface area (Å²) in [5, 5.41) is 17.0. The van der Waals surface area contributed by atoms with E-state index in [4.69, 9.17) is 15.6 Å². The number of nitrogens with two attached hydrogens (primary N) is 2. The summed E-state index contributed by atoms with van der Waals surface area (Å²) >= 11 is 1.27. The molecule has 15 heteroatoms. The molecular weight excluding hydrogens is 420 g/mol. The van der Waals surface area contributed by atoms with Gasteiger partial charge in [-0.2, -0.15) is 0 Å². The number of nitrogens with one attached hydrogen (secondary N) is 1. The minimum Gasteiger partial charge on any atom is -0.467 e. The van der Waals surface area contributed by atoms with E-state index in [1.54, 1.807) is 0 Å². The standard InChI is InChI=1S/C12H20N6O6S3/c1-18(2)4-7-6-25-12(16-7)24-5-8(19)3-15-10-9(13)11(26(14,20)21)27(22,23)17-10/h6,8,19H,3-5,13H2,1-2H3,(H,15,17)(H2,14,20,21). The van der Waals surface area contributed by atoms with E-state index in [1.807, 2.05) is 29.1 Å². The van der Waals surface area contributed by atoms with E-state index in [1.165, 1.54) is 11.3 Å². The van der Waals surface area contributed by atoms with Crippen LogP contribution in [0.4, 0.5) is 0 Å². The van der Waals surface area contributed by atoms with Crippen LogP contribution in [0.3, 0.4) is 0 Å². The fourth-order valence-corrected chi connectivity index (χ4v) is 5.39. The molecule has 0 fully saturated rings. The summed E-state index contributed by atoms with van der Waals surface area (Å²) in [5.41, 5.74) is 5.70. The number of nitrogens with zero attached hydrogens (tertiary/aromatic N) is 3. The second-order valence-corrected chi connectivity index (χ2v) is 10.0. The van der Waals surface area contributed by atoms with E-state index in [0.29, 0.717) is 11.7 Å². The van der Waals surface area contributed by atoms with Crippen LogP contribution in [0.2, 0.25) is 0 Å². The van der Waals surface area contributed by atoms with Gasteiger partial charge >= 0.3 is 0 Å². The van der Waals surface area contributed by atoms with Gasteiger partial charge in [0.2, 0.25) is 4.24 Å². The number of aliphatic hydroxyl groups is 1. The average Bonchev–Trinajstić information content (AvgIpc) is 3.03. The Bertz CT molecular complexity index is 966. The molecule has 0 spiro atoms. The first-order valence-corrected chi connectivity index (χ1v) is 11.3. The molecule has 0 bridgehead atoms. The number of ether oxygens (including phenoxy) is 1. The van der Waals surface area contributed by atoms with Crippen LogP contribution in [0, 0.1) is 0 Å². The van der Waals surface area contributed by atoms with Crippen molar-refractivity contribution < 1.29 is 26.7 Å². The van der Waals surface area contributed by atoms with Gasteiger partial charge in [-0.3, -0.25) is 9.71 Å². The average molecular weight is 441 g/mol. The van der Waals surface area contributed by atoms with Gasteiger partial charge in [0.05, 0.1) is 12.2 Å². The van der Waals surface area contributed by atoms with Crippen molar-refractivity contribution in [2.75, 3.05) is 27.2 Å². The van der Waals surface area contributed by atoms with Gasteiger partial charge in [0.25, 0.3) is 25.2 Å². The Kier molecular flexibility index (Phi) is 6.43. The van der Waals surface area contributed by atoms with Gasteiger partial charge in [0.15, 0.2) is 5.84 Å². The van der Waals surface area contributed by atoms with Gasteiger partial charge in [0, 0.05) is 11.9 Å². The minimum atomic E-state index is -4.56. The Balaban J connectivity index is 1.98. The van der Waals surface area contributed by atoms with Crippen LogP contribution < -0.4 is 20.3 Å². The van der Waals surface area contributed by atoms with E-state index in [2.05, 4.69) is 9.98 Å². The Hall–Kier alpha value is -1.78. The van der Waals surface area contributed by atoms with Gasteiger partial charge in [-0.15, -0.1) is 0 Å². The molecule has 1 aromatic heterocycles. The lowest BCUT2D eigenvalue weighted by Crippen LogP contribution is -2.29. The molecule has 0 radical (unpaired) electrons. The van der Waals surface area contributed by atoms with Crippen molar-refractivity contribution in [2.45, 2.75) is 12.6 Å². The molecule has 2 heterocycles. The highest BCUT2D eigenvalue weighted by Crippen LogP contribution is 2.21. The second-order valence-electron chi connectivity index (χ2n) is 5.85. The van der Waals surface area contributed by atoms with E-state index in [9.17, 15) is 21.9 Å². The SMILES string of the molecule is CN(C)Cc1csc(OCC(O)CN=C2NS(=O)(=O)C(S(N)(=O)=O)=C2N)n1. The predicted octanol–water partition coefficient (Wildman–Crippen LogP) is -2.31. The van der Waals surface area contributed by atoms with Crippen LogP contribution in [0.5, 0.6) is 5.19 Å². The summed E-state index contributed by atoms with van der Waals surface area (Å²) in [7, 11) is -5.17. The topological polar surface area (TPSA) is 190 Å². The Labute approximate surface area is 160 Å². The number of amidine groups is 1. The molecule has 1 aromatic rings. The fraction of sp³-hybridized carbons (Fsp3) is 0.500. The van der Waals surface area contributed by atoms with Crippen molar-refractivity contribution >= 4 is 37.2 Å². The number of hydrogen-bond donors (Lipinski definition) is 4. The lowest BCUT2D eigenvalue weighted by atomic mass is 10.4. The normalized spacial score (nSPS) is 19.5. The number of thiazole rings is 1. The second kappa shape index (κ2) is 8.07. The van der Waals surface area contributed by atoms with Crippen LogP contribution in [-0.2, 0) is 26.6 Å². The van der Waals surface area contributed by atoms with Crippen LogP contribution in [0.25, 0.3) is 0 Å². The molecule has 1 unspecified atom stereocenters. The predicted molar refractivity (Wildman–Crippen MR) is 99.7 cm³/mol. The molecular formula is C12H20N6O6S3. The largest absolute Gasteiger partial charge is 0.467 e. The summed E-state index contributed by atoms with van der Waals surface area (Å²) in [6.07, 6.45) is -1.10. The zero-order valence-corrected chi connectivity index (χ0v) is 16.9. The maximum atomic E-state index is 11.8. The molecule has 1 aliphatic heterocycles. The molecule has 0 amide bonds. The third-order valence-electron chi connectivity index (χ3n) is 3.08. The first-order valence-electron chi connectivity index (χ1n) is 7.40. The number of aromatic nitrogens is 1. The van der Waals surface area contributed by atoms with Gasteiger partial charge < -0.3 is 20.5 Å². The van der Waals surface area contributed by atoms with E-state index in [0.717, 1.165) is 5.69 Å². The fourth-order valence-electron chi connectivity index (χ4n) is 2.06. The highest BCUT2D eigenvalue weighted by atomic mass is 32.3. The third-order valence-corrected chi connectivity index (χ3v) is 7.14. The first-order chi connectivity index (χ1) is 12.4. The van der Waals surface area contributed by atoms with E-state index >= 15 is 0 Å². The van der Waals surface area contributed by atoms with Crippen LogP contribution in [-0.4, -0.2) is 71.0 Å². The Morgan fingerprint density at radius 1 is 1.48 bits per heavy atom. The summed E-state index contributed by atoms with van der Waals surface area (Å²) in [5.74, 6) is -0.402. The van der Waals surface area contributed by atoms with Crippen molar-refractivity contribution in [1.82, 2.24) is 14.6 Å². The van der Waals surface area contributed by atoms with Crippen molar-refractivity contribution in [2.24, 2.45) is 15.9 Å². The Morgan fingerprint density at radius 3 is 2.70 bits per heavy atom. The molecule has 0 saturated heterocycles. The molecule has 27 heavy (non-hydrogen) atoms. The number of rotatable bonds is 8. The van der Waals surface area contributed by atoms with Gasteiger partial charge in [-0.25, -0.2) is 27.0 Å². The lowest BCUT2D eigenvalue weighted by molar-refractivity contribution is 0.114. The summed E-state index contributed by atoms with van der Waals surface area (Å²) < 4.78 is 52.4. The zero-order valence-electron chi connectivity index (χ0n) is 14.5. The molecule has 0 saturated carbocycles. The smallest absolute Gasteiger partial charge is 0.277 e. The van der Waals surface area contributed by atoms with Crippen molar-refractivity contribution in [1.29, 1.82) is 0 Å². The monoisotopic (exact) mass is 440 g/mol. The molecule has 1 aliphatic rings. The summed E-state index contributed by atoms with van der Waals surface area (Å²) in [6.45, 7) is 0.213. The van der Waals surface area contributed by atoms with Gasteiger partial charge in [0.1, 0.15) is 18.4 Å². The van der Waals surface area contributed by atoms with Crippen molar-refractivity contribution in [3.05, 3.63) is 21.0 Å². The van der Waals surface area contributed by atoms with Gasteiger partial charge in [-0.05, 0) is 14.1 Å². The third kappa shape index (κ3) is 5.60. The number of aliphatic imine (C=N–C) groups is 1. The van der Waals surface area contributed by atoms with Crippen LogP contribution in [0.1, 0.15) is 5.69 Å². The molecule has 1 atom stereocenters.